The lowest BCUT2D eigenvalue weighted by Crippen LogP contribution is -2.31. The van der Waals surface area contributed by atoms with E-state index < -0.39 is 0 Å². The summed E-state index contributed by atoms with van der Waals surface area (Å²) in [5, 5.41) is 6.20. The molecule has 1 aliphatic rings. The quantitative estimate of drug-likeness (QED) is 0.848. The van der Waals surface area contributed by atoms with Gasteiger partial charge in [0.05, 0.1) is 6.42 Å². The topological polar surface area (TPSA) is 41.1 Å². The summed E-state index contributed by atoms with van der Waals surface area (Å²) >= 11 is 0. The van der Waals surface area contributed by atoms with Gasteiger partial charge in [-0.3, -0.25) is 4.79 Å². The number of benzene rings is 1. The van der Waals surface area contributed by atoms with Crippen molar-refractivity contribution in [3.05, 3.63) is 35.1 Å². The Morgan fingerprint density at radius 1 is 1.56 bits per heavy atom. The Morgan fingerprint density at radius 3 is 3.06 bits per heavy atom. The Bertz CT molecular complexity index is 428. The summed E-state index contributed by atoms with van der Waals surface area (Å²) in [7, 11) is 0. The lowest BCUT2D eigenvalue weighted by molar-refractivity contribution is -0.120. The Labute approximate surface area is 107 Å². The van der Waals surface area contributed by atoms with E-state index in [1.165, 1.54) is 6.07 Å². The second kappa shape index (κ2) is 5.96. The SMILES string of the molecule is Cc1cc(CC(=O)NCC2CCNC2)ccc1F. The summed E-state index contributed by atoms with van der Waals surface area (Å²) in [6.45, 7) is 4.46. The predicted molar refractivity (Wildman–Crippen MR) is 68.8 cm³/mol. The van der Waals surface area contributed by atoms with Crippen LogP contribution < -0.4 is 10.6 Å². The predicted octanol–water partition coefficient (Wildman–Crippen LogP) is 1.40. The lowest BCUT2D eigenvalue weighted by atomic mass is 10.1. The molecule has 0 aromatic heterocycles. The molecule has 1 atom stereocenters. The molecule has 18 heavy (non-hydrogen) atoms. The minimum atomic E-state index is -0.226. The molecule has 0 saturated carbocycles. The summed E-state index contributed by atoms with van der Waals surface area (Å²) in [6, 6.07) is 4.81. The number of hydrogen-bond donors (Lipinski definition) is 2. The fourth-order valence-corrected chi connectivity index (χ4v) is 2.21. The van der Waals surface area contributed by atoms with E-state index in [0.717, 1.165) is 31.6 Å². The van der Waals surface area contributed by atoms with Gasteiger partial charge in [-0.15, -0.1) is 0 Å². The van der Waals surface area contributed by atoms with Crippen molar-refractivity contribution in [2.75, 3.05) is 19.6 Å². The first-order chi connectivity index (χ1) is 8.65. The van der Waals surface area contributed by atoms with Gasteiger partial charge in [-0.25, -0.2) is 4.39 Å². The molecule has 1 amide bonds. The number of carbonyl (C=O) groups is 1. The standard InChI is InChI=1S/C14H19FN2O/c1-10-6-11(2-3-13(10)15)7-14(18)17-9-12-4-5-16-8-12/h2-3,6,12,16H,4-5,7-9H2,1H3,(H,17,18). The van der Waals surface area contributed by atoms with E-state index in [2.05, 4.69) is 10.6 Å². The van der Waals surface area contributed by atoms with Crippen molar-refractivity contribution in [1.29, 1.82) is 0 Å². The monoisotopic (exact) mass is 250 g/mol. The molecule has 0 radical (unpaired) electrons. The first kappa shape index (κ1) is 13.0. The van der Waals surface area contributed by atoms with E-state index in [1.54, 1.807) is 19.1 Å². The van der Waals surface area contributed by atoms with Crippen LogP contribution in [-0.4, -0.2) is 25.5 Å². The third-order valence-corrected chi connectivity index (χ3v) is 3.34. The van der Waals surface area contributed by atoms with E-state index in [4.69, 9.17) is 0 Å². The summed E-state index contributed by atoms with van der Waals surface area (Å²) < 4.78 is 13.1. The fourth-order valence-electron chi connectivity index (χ4n) is 2.21. The Balaban J connectivity index is 1.80. The van der Waals surface area contributed by atoms with Gasteiger partial charge in [0.15, 0.2) is 0 Å². The number of nitrogens with one attached hydrogen (secondary N) is 2. The van der Waals surface area contributed by atoms with Gasteiger partial charge in [0.2, 0.25) is 5.91 Å². The second-order valence-electron chi connectivity index (χ2n) is 4.92. The summed E-state index contributed by atoms with van der Waals surface area (Å²) in [4.78, 5) is 11.7. The highest BCUT2D eigenvalue weighted by Crippen LogP contribution is 2.10. The van der Waals surface area contributed by atoms with Crippen molar-refractivity contribution >= 4 is 5.91 Å². The molecule has 1 saturated heterocycles. The smallest absolute Gasteiger partial charge is 0.224 e. The first-order valence-electron chi connectivity index (χ1n) is 6.37. The number of hydrogen-bond acceptors (Lipinski definition) is 2. The van der Waals surface area contributed by atoms with E-state index >= 15 is 0 Å². The largest absolute Gasteiger partial charge is 0.355 e. The lowest BCUT2D eigenvalue weighted by Gasteiger charge is -2.10. The Morgan fingerprint density at radius 2 is 2.39 bits per heavy atom. The summed E-state index contributed by atoms with van der Waals surface area (Å²) in [5.74, 6) is 0.327. The van der Waals surface area contributed by atoms with Gasteiger partial charge in [-0.2, -0.15) is 0 Å². The van der Waals surface area contributed by atoms with E-state index in [9.17, 15) is 9.18 Å². The molecule has 0 spiro atoms. The average molecular weight is 250 g/mol. The molecule has 3 nitrogen and oxygen atoms in total. The van der Waals surface area contributed by atoms with Crippen LogP contribution in [0.5, 0.6) is 0 Å². The van der Waals surface area contributed by atoms with Crippen molar-refractivity contribution in [3.8, 4) is 0 Å². The average Bonchev–Trinajstić information content (AvgIpc) is 2.84. The highest BCUT2D eigenvalue weighted by Gasteiger charge is 2.15. The summed E-state index contributed by atoms with van der Waals surface area (Å²) in [5.41, 5.74) is 1.44. The van der Waals surface area contributed by atoms with Gasteiger partial charge in [0, 0.05) is 6.54 Å². The van der Waals surface area contributed by atoms with Gasteiger partial charge in [-0.05, 0) is 49.5 Å². The number of halogens is 1. The molecule has 2 rings (SSSR count). The van der Waals surface area contributed by atoms with E-state index in [0.29, 0.717) is 17.9 Å². The van der Waals surface area contributed by atoms with Crippen molar-refractivity contribution in [2.45, 2.75) is 19.8 Å². The van der Waals surface area contributed by atoms with Crippen molar-refractivity contribution in [3.63, 3.8) is 0 Å². The van der Waals surface area contributed by atoms with Crippen molar-refractivity contribution in [2.24, 2.45) is 5.92 Å². The summed E-state index contributed by atoms with van der Waals surface area (Å²) in [6.07, 6.45) is 1.44. The van der Waals surface area contributed by atoms with Crippen LogP contribution in [0.4, 0.5) is 4.39 Å². The molecule has 1 aliphatic heterocycles. The highest BCUT2D eigenvalue weighted by molar-refractivity contribution is 5.78. The highest BCUT2D eigenvalue weighted by atomic mass is 19.1. The molecule has 0 aliphatic carbocycles. The molecule has 1 fully saturated rings. The maximum atomic E-state index is 13.1. The van der Waals surface area contributed by atoms with Crippen LogP contribution in [0, 0.1) is 18.7 Å². The minimum Gasteiger partial charge on any atom is -0.355 e. The fraction of sp³-hybridized carbons (Fsp3) is 0.500. The van der Waals surface area contributed by atoms with Gasteiger partial charge in [0.1, 0.15) is 5.82 Å². The minimum absolute atomic E-state index is 0.00732. The molecular formula is C14H19FN2O. The van der Waals surface area contributed by atoms with Gasteiger partial charge < -0.3 is 10.6 Å². The molecule has 2 N–H and O–H groups in total. The maximum absolute atomic E-state index is 13.1. The van der Waals surface area contributed by atoms with Gasteiger partial charge in [-0.1, -0.05) is 12.1 Å². The molecule has 1 heterocycles. The van der Waals surface area contributed by atoms with Crippen LogP contribution in [0.1, 0.15) is 17.5 Å². The van der Waals surface area contributed by atoms with E-state index in [1.807, 2.05) is 0 Å². The zero-order valence-corrected chi connectivity index (χ0v) is 10.6. The number of aryl methyl sites for hydroxylation is 1. The van der Waals surface area contributed by atoms with Gasteiger partial charge >= 0.3 is 0 Å². The zero-order chi connectivity index (χ0) is 13.0. The third kappa shape index (κ3) is 3.53. The normalized spacial score (nSPS) is 18.9. The maximum Gasteiger partial charge on any atom is 0.224 e. The first-order valence-corrected chi connectivity index (χ1v) is 6.37. The van der Waals surface area contributed by atoms with Crippen LogP contribution in [0.3, 0.4) is 0 Å². The van der Waals surface area contributed by atoms with Crippen LogP contribution in [0.15, 0.2) is 18.2 Å². The van der Waals surface area contributed by atoms with Crippen LogP contribution in [0.2, 0.25) is 0 Å². The Hall–Kier alpha value is -1.42. The number of rotatable bonds is 4. The zero-order valence-electron chi connectivity index (χ0n) is 10.6. The van der Waals surface area contributed by atoms with Crippen LogP contribution in [0.25, 0.3) is 0 Å². The molecular weight excluding hydrogens is 231 g/mol. The molecule has 0 bridgehead atoms. The third-order valence-electron chi connectivity index (χ3n) is 3.34. The van der Waals surface area contributed by atoms with Crippen LogP contribution in [-0.2, 0) is 11.2 Å². The van der Waals surface area contributed by atoms with Gasteiger partial charge in [0.25, 0.3) is 0 Å². The number of amides is 1. The molecule has 98 valence electrons. The molecule has 1 unspecified atom stereocenters. The molecule has 4 heteroatoms. The second-order valence-corrected chi connectivity index (χ2v) is 4.92. The van der Waals surface area contributed by atoms with E-state index in [-0.39, 0.29) is 11.7 Å². The Kier molecular flexibility index (Phi) is 4.31. The molecule has 1 aromatic carbocycles. The van der Waals surface area contributed by atoms with Crippen LogP contribution >= 0.6 is 0 Å². The van der Waals surface area contributed by atoms with Crippen molar-refractivity contribution < 1.29 is 9.18 Å². The molecule has 1 aromatic rings. The number of carbonyl (C=O) groups excluding carboxylic acids is 1. The van der Waals surface area contributed by atoms with Crippen molar-refractivity contribution in [1.82, 2.24) is 10.6 Å².